The van der Waals surface area contributed by atoms with Crippen molar-refractivity contribution in [2.45, 2.75) is 58.3 Å². The molecule has 1 aliphatic rings. The van der Waals surface area contributed by atoms with Crippen LogP contribution in [0.1, 0.15) is 58.3 Å². The summed E-state index contributed by atoms with van der Waals surface area (Å²) in [6.45, 7) is 4.85. The van der Waals surface area contributed by atoms with Gasteiger partial charge in [0, 0.05) is 11.9 Å². The summed E-state index contributed by atoms with van der Waals surface area (Å²) in [5.74, 6) is 0. The summed E-state index contributed by atoms with van der Waals surface area (Å²) in [5.41, 5.74) is 0.583. The van der Waals surface area contributed by atoms with E-state index in [4.69, 9.17) is 0 Å². The Kier molecular flexibility index (Phi) is 6.98. The highest BCUT2D eigenvalue weighted by atomic mass is 79.9. The number of hydrogen-bond donors (Lipinski definition) is 0. The first-order valence-corrected chi connectivity index (χ1v) is 8.09. The van der Waals surface area contributed by atoms with Gasteiger partial charge in [-0.15, -0.1) is 0 Å². The van der Waals surface area contributed by atoms with Crippen molar-refractivity contribution in [1.82, 2.24) is 4.90 Å². The standard InChI is InChI=1S/C14H28BrN/c1-3-4-8-11-16(2)13-14(12-15)9-6-5-7-10-14/h3-13H2,1-2H3. The summed E-state index contributed by atoms with van der Waals surface area (Å²) in [5, 5.41) is 1.19. The van der Waals surface area contributed by atoms with Crippen molar-refractivity contribution in [3.05, 3.63) is 0 Å². The van der Waals surface area contributed by atoms with Crippen molar-refractivity contribution < 1.29 is 0 Å². The lowest BCUT2D eigenvalue weighted by molar-refractivity contribution is 0.144. The summed E-state index contributed by atoms with van der Waals surface area (Å²) >= 11 is 3.75. The van der Waals surface area contributed by atoms with E-state index in [1.807, 2.05) is 0 Å². The molecular weight excluding hydrogens is 262 g/mol. The summed E-state index contributed by atoms with van der Waals surface area (Å²) in [6.07, 6.45) is 11.3. The number of hydrogen-bond acceptors (Lipinski definition) is 1. The SMILES string of the molecule is CCCCCN(C)CC1(CBr)CCCCC1. The fourth-order valence-corrected chi connectivity index (χ4v) is 3.66. The van der Waals surface area contributed by atoms with Crippen molar-refractivity contribution in [1.29, 1.82) is 0 Å². The molecule has 1 rings (SSSR count). The van der Waals surface area contributed by atoms with Crippen LogP contribution in [0.25, 0.3) is 0 Å². The van der Waals surface area contributed by atoms with Gasteiger partial charge in [-0.3, -0.25) is 0 Å². The fraction of sp³-hybridized carbons (Fsp3) is 1.00. The van der Waals surface area contributed by atoms with Gasteiger partial charge in [-0.25, -0.2) is 0 Å². The zero-order valence-corrected chi connectivity index (χ0v) is 12.7. The Hall–Kier alpha value is 0.440. The highest BCUT2D eigenvalue weighted by molar-refractivity contribution is 9.09. The summed E-state index contributed by atoms with van der Waals surface area (Å²) in [7, 11) is 2.30. The first-order valence-electron chi connectivity index (χ1n) is 6.97. The van der Waals surface area contributed by atoms with Crippen LogP contribution in [0, 0.1) is 5.41 Å². The van der Waals surface area contributed by atoms with Crippen LogP contribution in [0.4, 0.5) is 0 Å². The van der Waals surface area contributed by atoms with Gasteiger partial charge in [-0.2, -0.15) is 0 Å². The second-order valence-corrected chi connectivity index (χ2v) is 6.20. The van der Waals surface area contributed by atoms with E-state index in [0.29, 0.717) is 5.41 Å². The Labute approximate surface area is 110 Å². The highest BCUT2D eigenvalue weighted by Crippen LogP contribution is 2.38. The Morgan fingerprint density at radius 2 is 1.81 bits per heavy atom. The van der Waals surface area contributed by atoms with Crippen molar-refractivity contribution in [3.8, 4) is 0 Å². The van der Waals surface area contributed by atoms with E-state index in [1.165, 1.54) is 69.8 Å². The maximum atomic E-state index is 3.75. The monoisotopic (exact) mass is 289 g/mol. The molecular formula is C14H28BrN. The third-order valence-electron chi connectivity index (χ3n) is 3.95. The van der Waals surface area contributed by atoms with E-state index < -0.39 is 0 Å². The molecule has 0 atom stereocenters. The molecule has 96 valence electrons. The van der Waals surface area contributed by atoms with E-state index in [1.54, 1.807) is 0 Å². The minimum atomic E-state index is 0.583. The van der Waals surface area contributed by atoms with Gasteiger partial charge >= 0.3 is 0 Å². The second kappa shape index (κ2) is 7.71. The first-order chi connectivity index (χ1) is 7.72. The number of halogens is 1. The first kappa shape index (κ1) is 14.5. The third-order valence-corrected chi connectivity index (χ3v) is 5.14. The van der Waals surface area contributed by atoms with Crippen LogP contribution in [0.2, 0.25) is 0 Å². The molecule has 0 radical (unpaired) electrons. The molecule has 0 aliphatic heterocycles. The van der Waals surface area contributed by atoms with Crippen molar-refractivity contribution in [2.75, 3.05) is 25.5 Å². The number of nitrogens with zero attached hydrogens (tertiary/aromatic N) is 1. The van der Waals surface area contributed by atoms with Gasteiger partial charge in [-0.1, -0.05) is 55.0 Å². The number of unbranched alkanes of at least 4 members (excludes halogenated alkanes) is 2. The summed E-state index contributed by atoms with van der Waals surface area (Å²) in [4.78, 5) is 2.56. The van der Waals surface area contributed by atoms with Gasteiger partial charge in [0.2, 0.25) is 0 Å². The Bertz CT molecular complexity index is 176. The molecule has 0 spiro atoms. The Morgan fingerprint density at radius 1 is 1.12 bits per heavy atom. The van der Waals surface area contributed by atoms with E-state index in [9.17, 15) is 0 Å². The van der Waals surface area contributed by atoms with Crippen molar-refractivity contribution >= 4 is 15.9 Å². The van der Waals surface area contributed by atoms with E-state index >= 15 is 0 Å². The van der Waals surface area contributed by atoms with Crippen LogP contribution in [0.15, 0.2) is 0 Å². The molecule has 16 heavy (non-hydrogen) atoms. The second-order valence-electron chi connectivity index (χ2n) is 5.64. The molecule has 0 aromatic heterocycles. The lowest BCUT2D eigenvalue weighted by atomic mass is 9.75. The molecule has 0 heterocycles. The molecule has 0 unspecified atom stereocenters. The normalized spacial score (nSPS) is 20.2. The topological polar surface area (TPSA) is 3.24 Å². The molecule has 1 saturated carbocycles. The van der Waals surface area contributed by atoms with Gasteiger partial charge < -0.3 is 4.90 Å². The van der Waals surface area contributed by atoms with Crippen LogP contribution >= 0.6 is 15.9 Å². The molecule has 1 aliphatic carbocycles. The van der Waals surface area contributed by atoms with Crippen molar-refractivity contribution in [3.63, 3.8) is 0 Å². The van der Waals surface area contributed by atoms with Crippen LogP contribution in [0.3, 0.4) is 0 Å². The molecule has 0 bridgehead atoms. The van der Waals surface area contributed by atoms with Crippen LogP contribution in [-0.4, -0.2) is 30.4 Å². The van der Waals surface area contributed by atoms with E-state index in [2.05, 4.69) is 34.8 Å². The molecule has 1 nitrogen and oxygen atoms in total. The average molecular weight is 290 g/mol. The van der Waals surface area contributed by atoms with Gasteiger partial charge in [0.05, 0.1) is 0 Å². The minimum absolute atomic E-state index is 0.583. The lowest BCUT2D eigenvalue weighted by Gasteiger charge is -2.39. The maximum Gasteiger partial charge on any atom is 0.0100 e. The van der Waals surface area contributed by atoms with Crippen LogP contribution in [0.5, 0.6) is 0 Å². The number of rotatable bonds is 7. The van der Waals surface area contributed by atoms with Gasteiger partial charge in [0.15, 0.2) is 0 Å². The average Bonchev–Trinajstić information content (AvgIpc) is 2.30. The molecule has 0 aromatic rings. The summed E-state index contributed by atoms with van der Waals surface area (Å²) in [6, 6.07) is 0. The lowest BCUT2D eigenvalue weighted by Crippen LogP contribution is -2.39. The molecule has 0 amide bonds. The zero-order valence-electron chi connectivity index (χ0n) is 11.1. The molecule has 0 N–H and O–H groups in total. The fourth-order valence-electron chi connectivity index (χ4n) is 2.92. The number of alkyl halides is 1. The summed E-state index contributed by atoms with van der Waals surface area (Å²) < 4.78 is 0. The quantitative estimate of drug-likeness (QED) is 0.494. The largest absolute Gasteiger partial charge is 0.306 e. The van der Waals surface area contributed by atoms with Crippen LogP contribution in [-0.2, 0) is 0 Å². The minimum Gasteiger partial charge on any atom is -0.306 e. The van der Waals surface area contributed by atoms with E-state index in [0.717, 1.165) is 0 Å². The maximum absolute atomic E-state index is 3.75. The van der Waals surface area contributed by atoms with Crippen LogP contribution < -0.4 is 0 Å². The third kappa shape index (κ3) is 4.75. The van der Waals surface area contributed by atoms with Gasteiger partial charge in [-0.05, 0) is 38.3 Å². The van der Waals surface area contributed by atoms with Gasteiger partial charge in [0.25, 0.3) is 0 Å². The molecule has 2 heteroatoms. The molecule has 0 saturated heterocycles. The van der Waals surface area contributed by atoms with Gasteiger partial charge in [0.1, 0.15) is 0 Å². The Morgan fingerprint density at radius 3 is 2.38 bits per heavy atom. The zero-order chi connectivity index (χ0) is 11.9. The predicted octanol–water partition coefficient (Wildman–Crippen LogP) is 4.45. The van der Waals surface area contributed by atoms with E-state index in [-0.39, 0.29) is 0 Å². The highest BCUT2D eigenvalue weighted by Gasteiger charge is 2.31. The molecule has 1 fully saturated rings. The smallest absolute Gasteiger partial charge is 0.0100 e. The van der Waals surface area contributed by atoms with Crippen molar-refractivity contribution in [2.24, 2.45) is 5.41 Å². The predicted molar refractivity (Wildman–Crippen MR) is 76.3 cm³/mol. The Balaban J connectivity index is 2.30. The molecule has 0 aromatic carbocycles.